The maximum absolute atomic E-state index is 11.1. The minimum absolute atomic E-state index is 0.118. The number of ether oxygens (including phenoxy) is 2. The van der Waals surface area contributed by atoms with Crippen molar-refractivity contribution in [1.82, 2.24) is 4.98 Å². The third-order valence-corrected chi connectivity index (χ3v) is 5.19. The van der Waals surface area contributed by atoms with Gasteiger partial charge in [-0.15, -0.1) is 11.3 Å². The molecule has 0 saturated heterocycles. The summed E-state index contributed by atoms with van der Waals surface area (Å²) in [5.74, 6) is 0.858. The van der Waals surface area contributed by atoms with Gasteiger partial charge < -0.3 is 14.8 Å². The van der Waals surface area contributed by atoms with Gasteiger partial charge in [-0.25, -0.2) is 4.98 Å². The van der Waals surface area contributed by atoms with Crippen LogP contribution in [0.25, 0.3) is 16.8 Å². The zero-order valence-electron chi connectivity index (χ0n) is 16.5. The average Bonchev–Trinajstić information content (AvgIpc) is 3.25. The van der Waals surface area contributed by atoms with Gasteiger partial charge in [0.2, 0.25) is 0 Å². The number of methoxy groups -OCH3 is 2. The van der Waals surface area contributed by atoms with E-state index < -0.39 is 4.92 Å². The number of anilines is 1. The second kappa shape index (κ2) is 9.07. The molecule has 0 spiro atoms. The van der Waals surface area contributed by atoms with Crippen LogP contribution in [0.4, 0.5) is 11.4 Å². The molecule has 152 valence electrons. The Morgan fingerprint density at radius 2 is 2.10 bits per heavy atom. The van der Waals surface area contributed by atoms with Gasteiger partial charge in [0, 0.05) is 35.0 Å². The Kier molecular flexibility index (Phi) is 6.29. The second-order valence-corrected chi connectivity index (χ2v) is 7.04. The van der Waals surface area contributed by atoms with Crippen molar-refractivity contribution < 1.29 is 14.4 Å². The van der Waals surface area contributed by atoms with E-state index in [0.717, 1.165) is 17.0 Å². The van der Waals surface area contributed by atoms with Crippen LogP contribution in [0, 0.1) is 28.4 Å². The molecule has 3 rings (SSSR count). The summed E-state index contributed by atoms with van der Waals surface area (Å²) in [6.45, 7) is 1.74. The van der Waals surface area contributed by atoms with E-state index in [1.54, 1.807) is 14.0 Å². The maximum atomic E-state index is 11.1. The summed E-state index contributed by atoms with van der Waals surface area (Å²) in [7, 11) is 2.97. The summed E-state index contributed by atoms with van der Waals surface area (Å²) >= 11 is 1.35. The van der Waals surface area contributed by atoms with Crippen LogP contribution in [0.3, 0.4) is 0 Å². The van der Waals surface area contributed by atoms with Crippen LogP contribution in [0.15, 0.2) is 48.0 Å². The summed E-state index contributed by atoms with van der Waals surface area (Å²) in [6, 6.07) is 12.6. The molecule has 1 N–H and O–H groups in total. The number of nitrogens with zero attached hydrogens (tertiary/aromatic N) is 3. The summed E-state index contributed by atoms with van der Waals surface area (Å²) in [6.07, 6.45) is 1.53. The lowest BCUT2D eigenvalue weighted by Gasteiger charge is -2.09. The van der Waals surface area contributed by atoms with Crippen LogP contribution in [0.1, 0.15) is 10.6 Å². The minimum atomic E-state index is -0.498. The monoisotopic (exact) mass is 422 g/mol. The van der Waals surface area contributed by atoms with Gasteiger partial charge in [0.05, 0.1) is 24.8 Å². The van der Waals surface area contributed by atoms with Crippen LogP contribution >= 0.6 is 11.3 Å². The molecule has 2 aromatic carbocycles. The van der Waals surface area contributed by atoms with E-state index in [1.807, 2.05) is 29.6 Å². The Balaban J connectivity index is 1.88. The molecule has 0 fully saturated rings. The third-order valence-electron chi connectivity index (χ3n) is 4.32. The summed E-state index contributed by atoms with van der Waals surface area (Å²) in [5, 5.41) is 26.2. The molecule has 8 nitrogen and oxygen atoms in total. The highest BCUT2D eigenvalue weighted by Crippen LogP contribution is 2.33. The van der Waals surface area contributed by atoms with Crippen molar-refractivity contribution in [2.75, 3.05) is 19.5 Å². The molecule has 0 bridgehead atoms. The summed E-state index contributed by atoms with van der Waals surface area (Å²) < 4.78 is 10.3. The van der Waals surface area contributed by atoms with Gasteiger partial charge in [-0.3, -0.25) is 10.1 Å². The van der Waals surface area contributed by atoms with Crippen molar-refractivity contribution in [2.24, 2.45) is 0 Å². The largest absolute Gasteiger partial charge is 0.497 e. The van der Waals surface area contributed by atoms with E-state index in [4.69, 9.17) is 9.47 Å². The van der Waals surface area contributed by atoms with Crippen LogP contribution in [-0.2, 0) is 0 Å². The van der Waals surface area contributed by atoms with E-state index in [2.05, 4.69) is 16.4 Å². The lowest BCUT2D eigenvalue weighted by atomic mass is 10.1. The topological polar surface area (TPSA) is 110 Å². The number of nitro benzene ring substituents is 1. The van der Waals surface area contributed by atoms with Crippen LogP contribution < -0.4 is 14.8 Å². The number of nitriles is 1. The Bertz CT molecular complexity index is 1160. The molecule has 0 saturated carbocycles. The maximum Gasteiger partial charge on any atom is 0.311 e. The number of hydrogen-bond acceptors (Lipinski definition) is 8. The number of thiazole rings is 1. The third kappa shape index (κ3) is 4.39. The molecule has 1 heterocycles. The fourth-order valence-electron chi connectivity index (χ4n) is 2.74. The van der Waals surface area contributed by atoms with E-state index in [-0.39, 0.29) is 11.4 Å². The average molecular weight is 422 g/mol. The molecule has 0 amide bonds. The Labute approximate surface area is 177 Å². The Hall–Kier alpha value is -3.90. The second-order valence-electron chi connectivity index (χ2n) is 6.18. The standard InChI is InChI=1S/C21H18N4O4S/c1-13-7-19(25(26)27)20(29-3)9-17(13)23-11-15(10-22)21-24-18(12-30-21)14-5-4-6-16(8-14)28-2/h4-9,11-12,23H,1-3H3. The van der Waals surface area contributed by atoms with Gasteiger partial charge in [-0.1, -0.05) is 12.1 Å². The Morgan fingerprint density at radius 1 is 1.30 bits per heavy atom. The predicted molar refractivity (Wildman–Crippen MR) is 116 cm³/mol. The van der Waals surface area contributed by atoms with Gasteiger partial charge in [-0.2, -0.15) is 5.26 Å². The number of rotatable bonds is 7. The highest BCUT2D eigenvalue weighted by atomic mass is 32.1. The molecule has 9 heteroatoms. The van der Waals surface area contributed by atoms with Gasteiger partial charge in [0.25, 0.3) is 0 Å². The van der Waals surface area contributed by atoms with E-state index in [0.29, 0.717) is 21.8 Å². The molecule has 0 unspecified atom stereocenters. The SMILES string of the molecule is COc1cccc(-c2csc(C(C#N)=CNc3cc(OC)c([N+](=O)[O-])cc3C)n2)c1. The van der Waals surface area contributed by atoms with E-state index in [9.17, 15) is 15.4 Å². The van der Waals surface area contributed by atoms with Crippen LogP contribution in [0.5, 0.6) is 11.5 Å². The molecular weight excluding hydrogens is 404 g/mol. The number of nitro groups is 1. The summed E-state index contributed by atoms with van der Waals surface area (Å²) in [5.41, 5.74) is 3.09. The Morgan fingerprint density at radius 3 is 2.77 bits per heavy atom. The fraction of sp³-hybridized carbons (Fsp3) is 0.143. The lowest BCUT2D eigenvalue weighted by molar-refractivity contribution is -0.385. The van der Waals surface area contributed by atoms with Crippen molar-refractivity contribution in [2.45, 2.75) is 6.92 Å². The molecular formula is C21H18N4O4S. The first-order valence-electron chi connectivity index (χ1n) is 8.77. The van der Waals surface area contributed by atoms with Gasteiger partial charge in [-0.05, 0) is 24.6 Å². The molecule has 0 aliphatic heterocycles. The van der Waals surface area contributed by atoms with Gasteiger partial charge in [0.1, 0.15) is 22.4 Å². The zero-order valence-corrected chi connectivity index (χ0v) is 17.3. The smallest absolute Gasteiger partial charge is 0.311 e. The summed E-state index contributed by atoms with van der Waals surface area (Å²) in [4.78, 5) is 15.2. The number of aryl methyl sites for hydroxylation is 1. The molecule has 1 aromatic heterocycles. The van der Waals surface area contributed by atoms with Crippen molar-refractivity contribution in [3.63, 3.8) is 0 Å². The van der Waals surface area contributed by atoms with Gasteiger partial charge >= 0.3 is 5.69 Å². The first-order chi connectivity index (χ1) is 14.5. The number of benzene rings is 2. The molecule has 3 aromatic rings. The molecule has 30 heavy (non-hydrogen) atoms. The molecule has 0 radical (unpaired) electrons. The van der Waals surface area contributed by atoms with E-state index in [1.165, 1.54) is 36.8 Å². The minimum Gasteiger partial charge on any atom is -0.497 e. The van der Waals surface area contributed by atoms with Crippen molar-refractivity contribution in [3.8, 4) is 28.8 Å². The molecule has 0 atom stereocenters. The predicted octanol–water partition coefficient (Wildman–Crippen LogP) is 5.02. The first kappa shape index (κ1) is 20.8. The first-order valence-corrected chi connectivity index (χ1v) is 9.65. The van der Waals surface area contributed by atoms with Crippen molar-refractivity contribution in [3.05, 3.63) is 68.7 Å². The van der Waals surface area contributed by atoms with Gasteiger partial charge in [0.15, 0.2) is 5.75 Å². The quantitative estimate of drug-likeness (QED) is 0.323. The highest BCUT2D eigenvalue weighted by Gasteiger charge is 2.17. The van der Waals surface area contributed by atoms with E-state index >= 15 is 0 Å². The highest BCUT2D eigenvalue weighted by molar-refractivity contribution is 7.11. The molecule has 0 aliphatic carbocycles. The molecule has 0 aliphatic rings. The van der Waals surface area contributed by atoms with Crippen LogP contribution in [0.2, 0.25) is 0 Å². The zero-order chi connectivity index (χ0) is 21.7. The fourth-order valence-corrected chi connectivity index (χ4v) is 3.53. The number of nitrogens with one attached hydrogen (secondary N) is 1. The van der Waals surface area contributed by atoms with Crippen molar-refractivity contribution >= 4 is 28.3 Å². The number of hydrogen-bond donors (Lipinski definition) is 1. The van der Waals surface area contributed by atoms with Crippen LogP contribution in [-0.4, -0.2) is 24.1 Å². The number of aromatic nitrogens is 1. The van der Waals surface area contributed by atoms with Crippen molar-refractivity contribution in [1.29, 1.82) is 5.26 Å². The lowest BCUT2D eigenvalue weighted by Crippen LogP contribution is -1.99. The number of allylic oxidation sites excluding steroid dienone is 1. The normalized spacial score (nSPS) is 10.9.